The Morgan fingerprint density at radius 3 is 2.05 bits per heavy atom. The summed E-state index contributed by atoms with van der Waals surface area (Å²) in [5.74, 6) is 0.865. The molecule has 2 rings (SSSR count). The van der Waals surface area contributed by atoms with Crippen LogP contribution in [0.5, 0.6) is 5.75 Å². The Hall–Kier alpha value is -1.92. The smallest absolute Gasteiger partial charge is 0.497 e. The van der Waals surface area contributed by atoms with E-state index in [1.807, 2.05) is 42.5 Å². The fourth-order valence-corrected chi connectivity index (χ4v) is 1.37. The molecule has 0 bridgehead atoms. The molecule has 1 aliphatic rings. The van der Waals surface area contributed by atoms with Crippen LogP contribution < -0.4 is 4.74 Å². The van der Waals surface area contributed by atoms with Gasteiger partial charge in [-0.05, 0) is 29.8 Å². The molecule has 0 saturated heterocycles. The summed E-state index contributed by atoms with van der Waals surface area (Å²) in [5, 5.41) is 0. The van der Waals surface area contributed by atoms with Crippen molar-refractivity contribution >= 4 is 7.25 Å². The number of ether oxygens (including phenoxy) is 2. The predicted octanol–water partition coefficient (Wildman–Crippen LogP) is 4.14. The molecule has 1 unspecified atom stereocenters. The number of hydrogen-bond acceptors (Lipinski definition) is 2. The summed E-state index contributed by atoms with van der Waals surface area (Å²) < 4.78 is 49.5. The van der Waals surface area contributed by atoms with E-state index in [9.17, 15) is 17.3 Å². The zero-order valence-electron chi connectivity index (χ0n) is 10.1. The minimum Gasteiger partial charge on any atom is -0.497 e. The Kier molecular flexibility index (Phi) is 5.47. The van der Waals surface area contributed by atoms with Gasteiger partial charge in [-0.2, -0.15) is 0 Å². The third kappa shape index (κ3) is 6.54. The zero-order chi connectivity index (χ0) is 14.3. The van der Waals surface area contributed by atoms with Crippen LogP contribution in [0.25, 0.3) is 0 Å². The fourth-order valence-electron chi connectivity index (χ4n) is 1.37. The average molecular weight is 275 g/mol. The van der Waals surface area contributed by atoms with Crippen molar-refractivity contribution in [3.8, 4) is 5.75 Å². The van der Waals surface area contributed by atoms with Gasteiger partial charge in [0.05, 0.1) is 13.4 Å². The normalized spacial score (nSPS) is 17.2. The lowest BCUT2D eigenvalue weighted by molar-refractivity contribution is 0.186. The van der Waals surface area contributed by atoms with Gasteiger partial charge >= 0.3 is 7.25 Å². The van der Waals surface area contributed by atoms with Gasteiger partial charge in [0.2, 0.25) is 0 Å². The summed E-state index contributed by atoms with van der Waals surface area (Å²) in [5.41, 5.74) is 1.13. The van der Waals surface area contributed by atoms with Gasteiger partial charge in [-0.15, -0.1) is 0 Å². The zero-order valence-corrected chi connectivity index (χ0v) is 10.1. The lowest BCUT2D eigenvalue weighted by Gasteiger charge is -2.15. The SMILES string of the molecule is COc1ccc(C2C=CC=CO2)cc1.F[B-](F)(F)F. The minimum atomic E-state index is -6.00. The fraction of sp³-hybridized carbons (Fsp3) is 0.167. The molecule has 0 aliphatic carbocycles. The number of rotatable bonds is 2. The highest BCUT2D eigenvalue weighted by Crippen LogP contribution is 2.23. The number of benzene rings is 1. The molecular weight excluding hydrogens is 263 g/mol. The van der Waals surface area contributed by atoms with Gasteiger partial charge in [0, 0.05) is 0 Å². The van der Waals surface area contributed by atoms with E-state index in [0.717, 1.165) is 11.3 Å². The maximum atomic E-state index is 9.75. The van der Waals surface area contributed by atoms with E-state index in [1.165, 1.54) is 0 Å². The Bertz CT molecular complexity index is 434. The molecule has 19 heavy (non-hydrogen) atoms. The van der Waals surface area contributed by atoms with E-state index in [1.54, 1.807) is 13.4 Å². The monoisotopic (exact) mass is 275 g/mol. The summed E-state index contributed by atoms with van der Waals surface area (Å²) in [4.78, 5) is 0. The van der Waals surface area contributed by atoms with Crippen molar-refractivity contribution in [2.75, 3.05) is 7.11 Å². The Labute approximate surface area is 108 Å². The largest absolute Gasteiger partial charge is 0.673 e. The van der Waals surface area contributed by atoms with Gasteiger partial charge in [-0.1, -0.05) is 18.2 Å². The molecule has 1 aliphatic heterocycles. The second kappa shape index (κ2) is 6.87. The first-order chi connectivity index (χ1) is 8.90. The summed E-state index contributed by atoms with van der Waals surface area (Å²) in [6.45, 7) is 0. The molecule has 104 valence electrons. The van der Waals surface area contributed by atoms with E-state index in [4.69, 9.17) is 9.47 Å². The third-order valence-electron chi connectivity index (χ3n) is 2.15. The van der Waals surface area contributed by atoms with Gasteiger partial charge in [0.15, 0.2) is 0 Å². The first kappa shape index (κ1) is 15.1. The maximum Gasteiger partial charge on any atom is 0.673 e. The van der Waals surface area contributed by atoms with Crippen LogP contribution in [0.15, 0.2) is 48.8 Å². The quantitative estimate of drug-likeness (QED) is 0.596. The van der Waals surface area contributed by atoms with Crippen LogP contribution >= 0.6 is 0 Å². The highest BCUT2D eigenvalue weighted by atomic mass is 19.5. The van der Waals surface area contributed by atoms with E-state index in [0.29, 0.717) is 0 Å². The molecule has 1 aromatic carbocycles. The standard InChI is InChI=1S/C12H12O2.BF4/c1-13-11-7-5-10(6-8-11)12-4-2-3-9-14-12;2-1(3,4)5/h2-9,12H,1H3;/q;-1. The van der Waals surface area contributed by atoms with E-state index in [-0.39, 0.29) is 6.10 Å². The second-order valence-corrected chi connectivity index (χ2v) is 3.54. The molecule has 0 N–H and O–H groups in total. The molecule has 0 radical (unpaired) electrons. The van der Waals surface area contributed by atoms with Gasteiger partial charge < -0.3 is 26.7 Å². The number of methoxy groups -OCH3 is 1. The van der Waals surface area contributed by atoms with Crippen molar-refractivity contribution in [3.05, 3.63) is 54.3 Å². The minimum absolute atomic E-state index is 0.0332. The number of hydrogen-bond donors (Lipinski definition) is 0. The topological polar surface area (TPSA) is 18.5 Å². The Morgan fingerprint density at radius 2 is 1.63 bits per heavy atom. The highest BCUT2D eigenvalue weighted by molar-refractivity contribution is 6.50. The molecule has 0 aromatic heterocycles. The molecule has 7 heteroatoms. The van der Waals surface area contributed by atoms with Crippen molar-refractivity contribution < 1.29 is 26.7 Å². The van der Waals surface area contributed by atoms with Crippen LogP contribution in [0.4, 0.5) is 17.3 Å². The summed E-state index contributed by atoms with van der Waals surface area (Å²) in [6.07, 6.45) is 7.61. The van der Waals surface area contributed by atoms with Crippen molar-refractivity contribution in [3.63, 3.8) is 0 Å². The van der Waals surface area contributed by atoms with E-state index in [2.05, 4.69) is 0 Å². The molecule has 1 atom stereocenters. The lowest BCUT2D eigenvalue weighted by atomic mass is 10.1. The highest BCUT2D eigenvalue weighted by Gasteiger charge is 2.20. The number of halogens is 4. The molecule has 1 aromatic rings. The van der Waals surface area contributed by atoms with Gasteiger partial charge in [0.25, 0.3) is 0 Å². The first-order valence-electron chi connectivity index (χ1n) is 5.40. The van der Waals surface area contributed by atoms with Crippen LogP contribution in [0.3, 0.4) is 0 Å². The lowest BCUT2D eigenvalue weighted by Crippen LogP contribution is -2.02. The van der Waals surface area contributed by atoms with Crippen molar-refractivity contribution in [2.24, 2.45) is 0 Å². The van der Waals surface area contributed by atoms with Crippen LogP contribution in [0.1, 0.15) is 11.7 Å². The van der Waals surface area contributed by atoms with Gasteiger partial charge in [-0.25, -0.2) is 0 Å². The van der Waals surface area contributed by atoms with Crippen LogP contribution in [-0.2, 0) is 4.74 Å². The predicted molar refractivity (Wildman–Crippen MR) is 65.3 cm³/mol. The molecule has 1 heterocycles. The molecule has 0 amide bonds. The van der Waals surface area contributed by atoms with Crippen molar-refractivity contribution in [2.45, 2.75) is 6.10 Å². The summed E-state index contributed by atoms with van der Waals surface area (Å²) >= 11 is 0. The number of allylic oxidation sites excluding steroid dienone is 2. The van der Waals surface area contributed by atoms with Crippen molar-refractivity contribution in [1.82, 2.24) is 0 Å². The van der Waals surface area contributed by atoms with E-state index >= 15 is 0 Å². The molecule has 0 saturated carbocycles. The van der Waals surface area contributed by atoms with Crippen LogP contribution in [-0.4, -0.2) is 14.4 Å². The third-order valence-corrected chi connectivity index (χ3v) is 2.15. The molecule has 0 spiro atoms. The molecule has 2 nitrogen and oxygen atoms in total. The second-order valence-electron chi connectivity index (χ2n) is 3.54. The summed E-state index contributed by atoms with van der Waals surface area (Å²) in [6, 6.07) is 7.88. The maximum absolute atomic E-state index is 9.75. The van der Waals surface area contributed by atoms with Gasteiger partial charge in [-0.3, -0.25) is 0 Å². The van der Waals surface area contributed by atoms with E-state index < -0.39 is 7.25 Å². The molecule has 0 fully saturated rings. The van der Waals surface area contributed by atoms with Crippen LogP contribution in [0, 0.1) is 0 Å². The average Bonchev–Trinajstić information content (AvgIpc) is 2.38. The Balaban J connectivity index is 0.000000312. The van der Waals surface area contributed by atoms with Crippen molar-refractivity contribution in [1.29, 1.82) is 0 Å². The summed E-state index contributed by atoms with van der Waals surface area (Å²) in [7, 11) is -4.34. The molecular formula is C12H12BF4O2-. The van der Waals surface area contributed by atoms with Crippen LogP contribution in [0.2, 0.25) is 0 Å². The first-order valence-corrected chi connectivity index (χ1v) is 5.40. The van der Waals surface area contributed by atoms with Gasteiger partial charge in [0.1, 0.15) is 11.9 Å². The Morgan fingerprint density at radius 1 is 1.05 bits per heavy atom.